The zero-order chi connectivity index (χ0) is 22.1. The molecule has 164 valence electrons. The number of rotatable bonds is 10. The monoisotopic (exact) mass is 416 g/mol. The van der Waals surface area contributed by atoms with E-state index < -0.39 is 24.2 Å². The Bertz CT molecular complexity index is 758. The zero-order valence-corrected chi connectivity index (χ0v) is 17.9. The Morgan fingerprint density at radius 1 is 1.13 bits per heavy atom. The molecule has 2 amide bonds. The fourth-order valence-corrected chi connectivity index (χ4v) is 3.69. The molecule has 0 spiro atoms. The van der Waals surface area contributed by atoms with Crippen molar-refractivity contribution in [1.82, 2.24) is 10.6 Å². The quantitative estimate of drug-likeness (QED) is 0.544. The molecule has 0 aliphatic heterocycles. The number of amides is 2. The van der Waals surface area contributed by atoms with Crippen LogP contribution in [-0.4, -0.2) is 47.2 Å². The van der Waals surface area contributed by atoms with Crippen LogP contribution in [0, 0.1) is 0 Å². The van der Waals surface area contributed by atoms with Crippen molar-refractivity contribution in [3.05, 3.63) is 47.5 Å². The van der Waals surface area contributed by atoms with E-state index in [9.17, 15) is 19.5 Å². The highest BCUT2D eigenvalue weighted by Gasteiger charge is 2.38. The van der Waals surface area contributed by atoms with Crippen LogP contribution >= 0.6 is 0 Å². The van der Waals surface area contributed by atoms with Crippen molar-refractivity contribution in [2.24, 2.45) is 0 Å². The highest BCUT2D eigenvalue weighted by atomic mass is 16.5. The van der Waals surface area contributed by atoms with Gasteiger partial charge in [-0.15, -0.1) is 0 Å². The number of hydrogen-bond donors (Lipinski definition) is 3. The van der Waals surface area contributed by atoms with Gasteiger partial charge in [-0.3, -0.25) is 9.59 Å². The topological polar surface area (TPSA) is 105 Å². The van der Waals surface area contributed by atoms with Gasteiger partial charge in [0.1, 0.15) is 0 Å². The molecule has 0 fully saturated rings. The van der Waals surface area contributed by atoms with E-state index in [1.165, 1.54) is 6.92 Å². The average Bonchev–Trinajstić information content (AvgIpc) is 2.72. The van der Waals surface area contributed by atoms with E-state index in [0.29, 0.717) is 6.42 Å². The minimum atomic E-state index is -1.04. The van der Waals surface area contributed by atoms with Gasteiger partial charge in [0.15, 0.2) is 0 Å². The van der Waals surface area contributed by atoms with Crippen molar-refractivity contribution in [1.29, 1.82) is 0 Å². The first-order valence-electron chi connectivity index (χ1n) is 10.5. The fraction of sp³-hybridized carbons (Fsp3) is 0.522. The Morgan fingerprint density at radius 2 is 1.80 bits per heavy atom. The summed E-state index contributed by atoms with van der Waals surface area (Å²) in [4.78, 5) is 36.1. The average molecular weight is 417 g/mol. The summed E-state index contributed by atoms with van der Waals surface area (Å²) >= 11 is 0. The van der Waals surface area contributed by atoms with Gasteiger partial charge in [0.25, 0.3) is 0 Å². The maximum atomic E-state index is 12.6. The van der Waals surface area contributed by atoms with E-state index in [-0.39, 0.29) is 36.3 Å². The number of carboxylic acids is 1. The smallest absolute Gasteiger partial charge is 0.331 e. The third-order valence-electron chi connectivity index (χ3n) is 5.33. The summed E-state index contributed by atoms with van der Waals surface area (Å²) < 4.78 is 6.12. The number of nitrogens with one attached hydrogen (secondary N) is 2. The van der Waals surface area contributed by atoms with Gasteiger partial charge in [-0.2, -0.15) is 0 Å². The van der Waals surface area contributed by atoms with Crippen LogP contribution in [0.2, 0.25) is 0 Å². The predicted octanol–water partition coefficient (Wildman–Crippen LogP) is 2.60. The van der Waals surface area contributed by atoms with Crippen LogP contribution < -0.4 is 10.6 Å². The van der Waals surface area contributed by atoms with E-state index >= 15 is 0 Å². The van der Waals surface area contributed by atoms with Crippen molar-refractivity contribution in [3.63, 3.8) is 0 Å². The molecule has 0 saturated carbocycles. The minimum absolute atomic E-state index is 0.0647. The number of aryl methyl sites for hydroxylation is 1. The van der Waals surface area contributed by atoms with Crippen LogP contribution in [0.15, 0.2) is 42.0 Å². The molecule has 1 aliphatic carbocycles. The molecular weight excluding hydrogens is 384 g/mol. The molecule has 0 unspecified atom stereocenters. The summed E-state index contributed by atoms with van der Waals surface area (Å²) in [6, 6.07) is 8.58. The van der Waals surface area contributed by atoms with Gasteiger partial charge < -0.3 is 20.5 Å². The Morgan fingerprint density at radius 3 is 2.37 bits per heavy atom. The van der Waals surface area contributed by atoms with Crippen LogP contribution in [0.5, 0.6) is 0 Å². The minimum Gasteiger partial charge on any atom is -0.478 e. The molecule has 2 rings (SSSR count). The van der Waals surface area contributed by atoms with Gasteiger partial charge in [-0.05, 0) is 30.9 Å². The molecule has 7 heteroatoms. The molecule has 0 radical (unpaired) electrons. The highest BCUT2D eigenvalue weighted by molar-refractivity contribution is 5.87. The summed E-state index contributed by atoms with van der Waals surface area (Å²) in [5.74, 6) is -1.49. The lowest BCUT2D eigenvalue weighted by atomic mass is 9.87. The van der Waals surface area contributed by atoms with Gasteiger partial charge in [0.2, 0.25) is 11.8 Å². The van der Waals surface area contributed by atoms with Crippen molar-refractivity contribution in [2.75, 3.05) is 0 Å². The van der Waals surface area contributed by atoms with Crippen molar-refractivity contribution < 1.29 is 24.2 Å². The van der Waals surface area contributed by atoms with Gasteiger partial charge in [0.05, 0.1) is 24.3 Å². The van der Waals surface area contributed by atoms with Gasteiger partial charge in [0, 0.05) is 25.3 Å². The standard InChI is InChI=1S/C23H32N2O5/c1-4-18(5-2)30-20-14-17(23(28)29)13-19(22(20)24-15(3)26)25-21(27)12-11-16-9-7-6-8-10-16/h6-10,14,18-20,22H,4-5,11-13H2,1-3H3,(H,24,26)(H,25,27)(H,28,29)/t19-,20+,22+/m0/s1. The van der Waals surface area contributed by atoms with Gasteiger partial charge in [-0.1, -0.05) is 44.2 Å². The van der Waals surface area contributed by atoms with Crippen LogP contribution in [0.4, 0.5) is 0 Å². The number of benzene rings is 1. The van der Waals surface area contributed by atoms with Crippen LogP contribution in [0.3, 0.4) is 0 Å². The number of carbonyl (C=O) groups excluding carboxylic acids is 2. The molecule has 0 bridgehead atoms. The Hall–Kier alpha value is -2.67. The molecule has 0 saturated heterocycles. The lowest BCUT2D eigenvalue weighted by Crippen LogP contribution is -2.59. The molecular formula is C23H32N2O5. The number of hydrogen-bond acceptors (Lipinski definition) is 4. The zero-order valence-electron chi connectivity index (χ0n) is 17.9. The van der Waals surface area contributed by atoms with Gasteiger partial charge in [-0.25, -0.2) is 4.79 Å². The first-order chi connectivity index (χ1) is 14.3. The third-order valence-corrected chi connectivity index (χ3v) is 5.33. The Labute approximate surface area is 177 Å². The number of carboxylic acid groups (broad SMARTS) is 1. The van der Waals surface area contributed by atoms with E-state index in [2.05, 4.69) is 10.6 Å². The second-order valence-corrected chi connectivity index (χ2v) is 7.63. The van der Waals surface area contributed by atoms with Crippen LogP contribution in [0.1, 0.15) is 52.0 Å². The van der Waals surface area contributed by atoms with E-state index in [0.717, 1.165) is 18.4 Å². The summed E-state index contributed by atoms with van der Waals surface area (Å²) in [6.07, 6.45) is 3.39. The molecule has 7 nitrogen and oxygen atoms in total. The molecule has 0 heterocycles. The number of carbonyl (C=O) groups is 3. The van der Waals surface area contributed by atoms with E-state index in [4.69, 9.17) is 4.74 Å². The molecule has 30 heavy (non-hydrogen) atoms. The van der Waals surface area contributed by atoms with Crippen molar-refractivity contribution >= 4 is 17.8 Å². The molecule has 3 atom stereocenters. The lowest BCUT2D eigenvalue weighted by Gasteiger charge is -2.38. The first kappa shape index (κ1) is 23.6. The first-order valence-corrected chi connectivity index (χ1v) is 10.5. The normalized spacial score (nSPS) is 21.1. The largest absolute Gasteiger partial charge is 0.478 e. The van der Waals surface area contributed by atoms with Crippen LogP contribution in [-0.2, 0) is 25.5 Å². The van der Waals surface area contributed by atoms with E-state index in [1.807, 2.05) is 44.2 Å². The molecule has 1 aromatic carbocycles. The summed E-state index contributed by atoms with van der Waals surface area (Å²) in [6.45, 7) is 5.39. The van der Waals surface area contributed by atoms with Gasteiger partial charge >= 0.3 is 5.97 Å². The molecule has 3 N–H and O–H groups in total. The maximum Gasteiger partial charge on any atom is 0.331 e. The molecule has 1 aliphatic rings. The lowest BCUT2D eigenvalue weighted by molar-refractivity contribution is -0.134. The predicted molar refractivity (Wildman–Crippen MR) is 114 cm³/mol. The summed E-state index contributed by atoms with van der Waals surface area (Å²) in [7, 11) is 0. The van der Waals surface area contributed by atoms with Crippen molar-refractivity contribution in [2.45, 2.75) is 77.2 Å². The number of ether oxygens (including phenoxy) is 1. The third kappa shape index (κ3) is 6.99. The SMILES string of the molecule is CCC(CC)O[C@@H]1C=C(C(=O)O)C[C@H](NC(=O)CCc2ccccc2)[C@H]1NC(C)=O. The second-order valence-electron chi connectivity index (χ2n) is 7.63. The molecule has 1 aromatic rings. The van der Waals surface area contributed by atoms with E-state index in [1.54, 1.807) is 6.08 Å². The fourth-order valence-electron chi connectivity index (χ4n) is 3.69. The Balaban J connectivity index is 2.16. The van der Waals surface area contributed by atoms with Crippen molar-refractivity contribution in [3.8, 4) is 0 Å². The second kappa shape index (κ2) is 11.5. The van der Waals surface area contributed by atoms with Crippen LogP contribution in [0.25, 0.3) is 0 Å². The number of aliphatic carboxylic acids is 1. The summed E-state index contributed by atoms with van der Waals surface area (Å²) in [5.41, 5.74) is 1.23. The maximum absolute atomic E-state index is 12.6. The summed E-state index contributed by atoms with van der Waals surface area (Å²) in [5, 5.41) is 15.3. The highest BCUT2D eigenvalue weighted by Crippen LogP contribution is 2.24. The molecule has 0 aromatic heterocycles. The Kier molecular flexibility index (Phi) is 9.05.